The van der Waals surface area contributed by atoms with Gasteiger partial charge < -0.3 is 5.11 Å². The Morgan fingerprint density at radius 3 is 2.00 bits per heavy atom. The highest BCUT2D eigenvalue weighted by atomic mass is 35.5. The predicted octanol–water partition coefficient (Wildman–Crippen LogP) is 1.06. The van der Waals surface area contributed by atoms with Crippen LogP contribution in [0.5, 0.6) is 0 Å². The molecule has 0 spiro atoms. The van der Waals surface area contributed by atoms with Crippen LogP contribution in [-0.4, -0.2) is 34.8 Å². The molecule has 0 heterocycles. The summed E-state index contributed by atoms with van der Waals surface area (Å²) in [4.78, 5) is 0. The highest BCUT2D eigenvalue weighted by Gasteiger charge is 1.80. The molecule has 0 unspecified atom stereocenters. The average molecular weight is 165 g/mol. The minimum Gasteiger partial charge on any atom is -0.396 e. The Labute approximate surface area is 79.8 Å². The average Bonchev–Trinajstić information content (AvgIpc) is 1.69. The number of aliphatic hydroxyl groups excluding tert-OH is 1. The molecule has 0 saturated carbocycles. The zero-order valence-corrected chi connectivity index (χ0v) is 6.21. The fourth-order valence-electron chi connectivity index (χ4n) is 0.539. The summed E-state index contributed by atoms with van der Waals surface area (Å²) in [6.45, 7) is 2.53. The second kappa shape index (κ2) is 16.0. The summed E-state index contributed by atoms with van der Waals surface area (Å²) < 4.78 is 0. The highest BCUT2D eigenvalue weighted by molar-refractivity contribution is 5.85. The molecule has 0 aromatic rings. The first-order chi connectivity index (χ1) is 3.41. The predicted molar refractivity (Wildman–Crippen MR) is 47.0 cm³/mol. The summed E-state index contributed by atoms with van der Waals surface area (Å²) in [5.74, 6) is 0. The molecule has 0 amide bonds. The molecule has 0 aliphatic rings. The van der Waals surface area contributed by atoms with Crippen molar-refractivity contribution >= 4 is 35.5 Å². The fourth-order valence-corrected chi connectivity index (χ4v) is 0.539. The van der Waals surface area contributed by atoms with E-state index in [9.17, 15) is 0 Å². The Morgan fingerprint density at radius 1 is 1.11 bits per heavy atom. The van der Waals surface area contributed by atoms with Crippen molar-refractivity contribution in [3.63, 3.8) is 0 Å². The molecule has 0 aliphatic heterocycles. The quantitative estimate of drug-likeness (QED) is 0.487. The fraction of sp³-hybridized carbons (Fsp3) is 1.00. The van der Waals surface area contributed by atoms with E-state index in [0.717, 1.165) is 6.42 Å². The van der Waals surface area contributed by atoms with Crippen LogP contribution < -0.4 is 0 Å². The third-order valence-electron chi connectivity index (χ3n) is 1.01. The summed E-state index contributed by atoms with van der Waals surface area (Å²) >= 11 is 0. The molecule has 1 N–H and O–H groups in total. The maximum atomic E-state index is 8.29. The molecule has 9 heavy (non-hydrogen) atoms. The number of aliphatic hydroxyl groups is 1. The van der Waals surface area contributed by atoms with Crippen molar-refractivity contribution in [2.45, 2.75) is 32.6 Å². The largest absolute Gasteiger partial charge is 0.396 e. The smallest absolute Gasteiger partial charge is 0.316 e. The molecule has 0 saturated heterocycles. The zero-order chi connectivity index (χ0) is 5.54. The van der Waals surface area contributed by atoms with Gasteiger partial charge in [0.2, 0.25) is 0 Å². The van der Waals surface area contributed by atoms with Gasteiger partial charge in [0.1, 0.15) is 0 Å². The first-order valence-corrected chi connectivity index (χ1v) is 3.02. The second-order valence-corrected chi connectivity index (χ2v) is 1.78. The lowest BCUT2D eigenvalue weighted by Crippen LogP contribution is -1.80. The van der Waals surface area contributed by atoms with Gasteiger partial charge in [-0.05, 0) is 6.42 Å². The number of unbranched alkanes of at least 4 members (excludes halogenated alkanes) is 3. The van der Waals surface area contributed by atoms with Crippen molar-refractivity contribution in [1.29, 1.82) is 0 Å². The summed E-state index contributed by atoms with van der Waals surface area (Å²) in [7, 11) is 0. The van der Waals surface area contributed by atoms with Crippen LogP contribution in [0.15, 0.2) is 0 Å². The number of halogens is 1. The first-order valence-electron chi connectivity index (χ1n) is 3.02. The highest BCUT2D eigenvalue weighted by Crippen LogP contribution is 1.95. The summed E-state index contributed by atoms with van der Waals surface area (Å²) in [6.07, 6.45) is 4.68. The van der Waals surface area contributed by atoms with Gasteiger partial charge in [0, 0.05) is 6.61 Å². The van der Waals surface area contributed by atoms with Crippen LogP contribution in [-0.2, 0) is 0 Å². The van der Waals surface area contributed by atoms with Crippen molar-refractivity contribution in [1.82, 2.24) is 0 Å². The molecule has 0 radical (unpaired) electrons. The van der Waals surface area contributed by atoms with Gasteiger partial charge in [-0.15, -0.1) is 12.4 Å². The van der Waals surface area contributed by atoms with Gasteiger partial charge in [0.25, 0.3) is 0 Å². The van der Waals surface area contributed by atoms with Crippen LogP contribution in [0.25, 0.3) is 0 Å². The molecule has 1 nitrogen and oxygen atoms in total. The Kier molecular flexibility index (Phi) is 29.4. The van der Waals surface area contributed by atoms with E-state index in [1.165, 1.54) is 19.3 Å². The Bertz CT molecular complexity index is 32.2. The molecule has 56 valence electrons. The van der Waals surface area contributed by atoms with E-state index in [2.05, 4.69) is 6.92 Å². The van der Waals surface area contributed by atoms with E-state index in [0.29, 0.717) is 6.61 Å². The van der Waals surface area contributed by atoms with E-state index >= 15 is 0 Å². The standard InChI is InChI=1S/C6H14O.ClH.Mg.2H/c1-2-3-4-5-6-7;;;;/h7H,2-6H2,1H3;1H;;;. The molecule has 0 aliphatic carbocycles. The van der Waals surface area contributed by atoms with Gasteiger partial charge in [-0.25, -0.2) is 0 Å². The minimum atomic E-state index is 0. The lowest BCUT2D eigenvalue weighted by Gasteiger charge is -1.90. The SMILES string of the molecule is CCCCCCO.Cl.[MgH2]. The zero-order valence-electron chi connectivity index (χ0n) is 5.39. The van der Waals surface area contributed by atoms with Gasteiger partial charge >= 0.3 is 23.1 Å². The van der Waals surface area contributed by atoms with Crippen LogP contribution in [0.3, 0.4) is 0 Å². The molecule has 0 fully saturated rings. The first kappa shape index (κ1) is 16.5. The Morgan fingerprint density at radius 2 is 1.67 bits per heavy atom. The molecule has 0 aromatic heterocycles. The monoisotopic (exact) mass is 164 g/mol. The Balaban J connectivity index is -0.000000180. The summed E-state index contributed by atoms with van der Waals surface area (Å²) in [5, 5.41) is 8.29. The minimum absolute atomic E-state index is 0. The van der Waals surface area contributed by atoms with Gasteiger partial charge in [-0.1, -0.05) is 26.2 Å². The summed E-state index contributed by atoms with van der Waals surface area (Å²) in [5.41, 5.74) is 0. The molecule has 0 atom stereocenters. The van der Waals surface area contributed by atoms with Crippen LogP contribution in [0.2, 0.25) is 0 Å². The normalized spacial score (nSPS) is 7.33. The molecular weight excluding hydrogens is 148 g/mol. The number of hydrogen-bond donors (Lipinski definition) is 1. The van der Waals surface area contributed by atoms with E-state index in [-0.39, 0.29) is 35.5 Å². The van der Waals surface area contributed by atoms with Gasteiger partial charge in [0.15, 0.2) is 0 Å². The lowest BCUT2D eigenvalue weighted by molar-refractivity contribution is 0.283. The lowest BCUT2D eigenvalue weighted by atomic mass is 10.2. The van der Waals surface area contributed by atoms with Crippen molar-refractivity contribution in [3.8, 4) is 0 Å². The van der Waals surface area contributed by atoms with Crippen molar-refractivity contribution in [2.75, 3.05) is 6.61 Å². The van der Waals surface area contributed by atoms with Crippen LogP contribution >= 0.6 is 12.4 Å². The number of rotatable bonds is 4. The van der Waals surface area contributed by atoms with E-state index in [4.69, 9.17) is 5.11 Å². The van der Waals surface area contributed by atoms with Crippen LogP contribution in [0.4, 0.5) is 0 Å². The summed E-state index contributed by atoms with van der Waals surface area (Å²) in [6, 6.07) is 0. The maximum Gasteiger partial charge on any atom is 0.316 e. The van der Waals surface area contributed by atoms with Gasteiger partial charge in [-0.3, -0.25) is 0 Å². The topological polar surface area (TPSA) is 20.2 Å². The van der Waals surface area contributed by atoms with E-state index in [1.807, 2.05) is 0 Å². The van der Waals surface area contributed by atoms with Crippen molar-refractivity contribution in [2.24, 2.45) is 0 Å². The number of hydrogen-bond acceptors (Lipinski definition) is 1. The third-order valence-corrected chi connectivity index (χ3v) is 1.01. The van der Waals surface area contributed by atoms with Crippen molar-refractivity contribution < 1.29 is 5.11 Å². The van der Waals surface area contributed by atoms with Gasteiger partial charge in [0.05, 0.1) is 0 Å². The van der Waals surface area contributed by atoms with Crippen LogP contribution in [0.1, 0.15) is 32.6 Å². The molecule has 3 heteroatoms. The van der Waals surface area contributed by atoms with Crippen LogP contribution in [0, 0.1) is 0 Å². The molecular formula is C6H17ClMgO. The molecule has 0 aromatic carbocycles. The third kappa shape index (κ3) is 17.6. The molecule has 0 bridgehead atoms. The Hall–Kier alpha value is 1.02. The second-order valence-electron chi connectivity index (χ2n) is 1.78. The van der Waals surface area contributed by atoms with E-state index in [1.54, 1.807) is 0 Å². The van der Waals surface area contributed by atoms with Gasteiger partial charge in [-0.2, -0.15) is 0 Å². The maximum absolute atomic E-state index is 8.29. The molecule has 0 rings (SSSR count). The van der Waals surface area contributed by atoms with E-state index < -0.39 is 0 Å². The van der Waals surface area contributed by atoms with Crippen molar-refractivity contribution in [3.05, 3.63) is 0 Å².